The summed E-state index contributed by atoms with van der Waals surface area (Å²) in [4.78, 5) is 11.4. The van der Waals surface area contributed by atoms with Gasteiger partial charge in [0.15, 0.2) is 0 Å². The first-order valence-corrected chi connectivity index (χ1v) is 6.76. The second-order valence-corrected chi connectivity index (χ2v) is 5.82. The van der Waals surface area contributed by atoms with E-state index in [-0.39, 0.29) is 4.90 Å². The van der Waals surface area contributed by atoms with Crippen molar-refractivity contribution in [3.05, 3.63) is 30.1 Å². The van der Waals surface area contributed by atoms with E-state index in [0.717, 1.165) is 24.3 Å². The smallest absolute Gasteiger partial charge is 0.327 e. The van der Waals surface area contributed by atoms with Gasteiger partial charge in [0.1, 0.15) is 11.4 Å². The summed E-state index contributed by atoms with van der Waals surface area (Å²) in [7, 11) is -2.64. The van der Waals surface area contributed by atoms with Gasteiger partial charge in [-0.1, -0.05) is 0 Å². The number of methoxy groups -OCH3 is 1. The number of hydrogen-bond acceptors (Lipinski definition) is 4. The highest BCUT2D eigenvalue weighted by Gasteiger charge is 2.54. The van der Waals surface area contributed by atoms with Crippen LogP contribution in [-0.4, -0.2) is 27.0 Å². The van der Waals surface area contributed by atoms with Gasteiger partial charge < -0.3 is 4.74 Å². The summed E-state index contributed by atoms with van der Waals surface area (Å²) < 4.78 is 43.5. The van der Waals surface area contributed by atoms with Crippen LogP contribution in [0.15, 0.2) is 29.2 Å². The first-order valence-electron chi connectivity index (χ1n) is 5.28. The van der Waals surface area contributed by atoms with Gasteiger partial charge in [0.05, 0.1) is 12.0 Å². The highest BCUT2D eigenvalue weighted by molar-refractivity contribution is 7.89. The van der Waals surface area contributed by atoms with Crippen LogP contribution < -0.4 is 4.72 Å². The van der Waals surface area contributed by atoms with Gasteiger partial charge in [-0.15, -0.1) is 0 Å². The molecule has 0 aromatic heterocycles. The van der Waals surface area contributed by atoms with Crippen LogP contribution in [0.1, 0.15) is 12.8 Å². The number of halogens is 1. The number of carbonyl (C=O) groups is 1. The van der Waals surface area contributed by atoms with E-state index in [0.29, 0.717) is 12.8 Å². The molecule has 0 heterocycles. The Hall–Kier alpha value is -1.47. The molecule has 1 fully saturated rings. The van der Waals surface area contributed by atoms with E-state index in [1.54, 1.807) is 0 Å². The maximum absolute atomic E-state index is 12.7. The number of carbonyl (C=O) groups excluding carboxylic acids is 1. The van der Waals surface area contributed by atoms with E-state index in [1.165, 1.54) is 7.11 Å². The summed E-state index contributed by atoms with van der Waals surface area (Å²) in [6.07, 6.45) is 0.806. The third-order valence-electron chi connectivity index (χ3n) is 2.78. The van der Waals surface area contributed by atoms with Crippen LogP contribution in [0.3, 0.4) is 0 Å². The Bertz CT molecular complexity index is 563. The second-order valence-electron chi connectivity index (χ2n) is 4.13. The molecule has 0 radical (unpaired) electrons. The van der Waals surface area contributed by atoms with Crippen LogP contribution >= 0.6 is 0 Å². The van der Waals surface area contributed by atoms with Crippen molar-refractivity contribution >= 4 is 16.0 Å². The molecule has 0 atom stereocenters. The van der Waals surface area contributed by atoms with Gasteiger partial charge in [0, 0.05) is 0 Å². The Morgan fingerprint density at radius 1 is 1.33 bits per heavy atom. The van der Waals surface area contributed by atoms with Gasteiger partial charge in [-0.3, -0.25) is 4.79 Å². The minimum Gasteiger partial charge on any atom is -0.468 e. The average molecular weight is 273 g/mol. The SMILES string of the molecule is COC(=O)C1(NS(=O)(=O)c2ccc(F)cc2)CC1. The zero-order valence-corrected chi connectivity index (χ0v) is 10.5. The summed E-state index contributed by atoms with van der Waals surface area (Å²) in [5, 5.41) is 0. The number of esters is 1. The Morgan fingerprint density at radius 2 is 1.89 bits per heavy atom. The standard InChI is InChI=1S/C11H12FNO4S/c1-17-10(14)11(6-7-11)13-18(15,16)9-4-2-8(12)3-5-9/h2-5,13H,6-7H2,1H3. The summed E-state index contributed by atoms with van der Waals surface area (Å²) >= 11 is 0. The first-order chi connectivity index (χ1) is 8.39. The molecule has 0 amide bonds. The van der Waals surface area contributed by atoms with E-state index < -0.39 is 27.3 Å². The van der Waals surface area contributed by atoms with E-state index in [9.17, 15) is 17.6 Å². The van der Waals surface area contributed by atoms with Gasteiger partial charge in [-0.2, -0.15) is 4.72 Å². The third-order valence-corrected chi connectivity index (χ3v) is 4.33. The van der Waals surface area contributed by atoms with Crippen LogP contribution in [0, 0.1) is 5.82 Å². The van der Waals surface area contributed by atoms with Crippen molar-refractivity contribution in [1.29, 1.82) is 0 Å². The van der Waals surface area contributed by atoms with Gasteiger partial charge in [0.25, 0.3) is 0 Å². The van der Waals surface area contributed by atoms with Crippen LogP contribution in [0.4, 0.5) is 4.39 Å². The van der Waals surface area contributed by atoms with Gasteiger partial charge in [0.2, 0.25) is 10.0 Å². The number of benzene rings is 1. The zero-order valence-electron chi connectivity index (χ0n) is 9.64. The molecular formula is C11H12FNO4S. The molecule has 0 spiro atoms. The quantitative estimate of drug-likeness (QED) is 0.824. The van der Waals surface area contributed by atoms with Crippen molar-refractivity contribution in [2.24, 2.45) is 0 Å². The van der Waals surface area contributed by atoms with Crippen molar-refractivity contribution in [2.45, 2.75) is 23.3 Å². The average Bonchev–Trinajstić information content (AvgIpc) is 3.09. The lowest BCUT2D eigenvalue weighted by Crippen LogP contribution is -2.43. The number of nitrogens with one attached hydrogen (secondary N) is 1. The lowest BCUT2D eigenvalue weighted by molar-refractivity contribution is -0.143. The van der Waals surface area contributed by atoms with Crippen molar-refractivity contribution < 1.29 is 22.3 Å². The molecule has 1 aromatic rings. The molecule has 0 saturated heterocycles. The van der Waals surface area contributed by atoms with Crippen LogP contribution in [-0.2, 0) is 19.6 Å². The van der Waals surface area contributed by atoms with Crippen LogP contribution in [0.5, 0.6) is 0 Å². The topological polar surface area (TPSA) is 72.5 Å². The largest absolute Gasteiger partial charge is 0.468 e. The zero-order chi connectivity index (χ0) is 13.4. The Labute approximate surface area is 104 Å². The van der Waals surface area contributed by atoms with Crippen LogP contribution in [0.2, 0.25) is 0 Å². The molecule has 1 N–H and O–H groups in total. The number of sulfonamides is 1. The normalized spacial score (nSPS) is 17.2. The van der Waals surface area contributed by atoms with E-state index >= 15 is 0 Å². The molecular weight excluding hydrogens is 261 g/mol. The molecule has 1 aliphatic carbocycles. The Balaban J connectivity index is 2.23. The number of hydrogen-bond donors (Lipinski definition) is 1. The summed E-state index contributed by atoms with van der Waals surface area (Å²) in [5.74, 6) is -1.13. The summed E-state index contributed by atoms with van der Waals surface area (Å²) in [6.45, 7) is 0. The second kappa shape index (κ2) is 4.33. The van der Waals surface area contributed by atoms with Gasteiger partial charge in [-0.25, -0.2) is 12.8 Å². The fourth-order valence-corrected chi connectivity index (χ4v) is 3.01. The van der Waals surface area contributed by atoms with Gasteiger partial charge >= 0.3 is 5.97 Å². The molecule has 5 nitrogen and oxygen atoms in total. The maximum Gasteiger partial charge on any atom is 0.327 e. The summed E-state index contributed by atoms with van der Waals surface area (Å²) in [5.41, 5.74) is -1.15. The molecule has 0 bridgehead atoms. The number of rotatable bonds is 4. The predicted octanol–water partition coefficient (Wildman–Crippen LogP) is 0.810. The highest BCUT2D eigenvalue weighted by atomic mass is 32.2. The monoisotopic (exact) mass is 273 g/mol. The van der Waals surface area contributed by atoms with E-state index in [4.69, 9.17) is 0 Å². The Morgan fingerprint density at radius 3 is 2.33 bits per heavy atom. The maximum atomic E-state index is 12.7. The molecule has 7 heteroatoms. The fourth-order valence-electron chi connectivity index (χ4n) is 1.60. The highest BCUT2D eigenvalue weighted by Crippen LogP contribution is 2.38. The minimum absolute atomic E-state index is 0.0842. The molecule has 0 aliphatic heterocycles. The molecule has 0 unspecified atom stereocenters. The molecule has 18 heavy (non-hydrogen) atoms. The Kier molecular flexibility index (Phi) is 3.12. The third kappa shape index (κ3) is 2.37. The summed E-state index contributed by atoms with van der Waals surface area (Å²) in [6, 6.07) is 4.38. The predicted molar refractivity (Wildman–Crippen MR) is 60.7 cm³/mol. The van der Waals surface area contributed by atoms with Crippen LogP contribution in [0.25, 0.3) is 0 Å². The molecule has 1 aliphatic rings. The molecule has 2 rings (SSSR count). The lowest BCUT2D eigenvalue weighted by atomic mass is 10.3. The van der Waals surface area contributed by atoms with E-state index in [2.05, 4.69) is 9.46 Å². The van der Waals surface area contributed by atoms with Crippen molar-refractivity contribution in [3.63, 3.8) is 0 Å². The lowest BCUT2D eigenvalue weighted by Gasteiger charge is -2.14. The van der Waals surface area contributed by atoms with Crippen molar-refractivity contribution in [3.8, 4) is 0 Å². The first kappa shape index (κ1) is 13.0. The van der Waals surface area contributed by atoms with Crippen molar-refractivity contribution in [2.75, 3.05) is 7.11 Å². The number of ether oxygens (including phenoxy) is 1. The van der Waals surface area contributed by atoms with Gasteiger partial charge in [-0.05, 0) is 37.1 Å². The van der Waals surface area contributed by atoms with E-state index in [1.807, 2.05) is 0 Å². The molecule has 98 valence electrons. The minimum atomic E-state index is -3.84. The molecule has 1 aromatic carbocycles. The fraction of sp³-hybridized carbons (Fsp3) is 0.364. The van der Waals surface area contributed by atoms with Crippen molar-refractivity contribution in [1.82, 2.24) is 4.72 Å². The molecule has 1 saturated carbocycles.